The summed E-state index contributed by atoms with van der Waals surface area (Å²) in [6.07, 6.45) is -0.991. The average Bonchev–Trinajstić information content (AvgIpc) is 3.50. The molecule has 0 saturated heterocycles. The monoisotopic (exact) mass is 496 g/mol. The van der Waals surface area contributed by atoms with Crippen LogP contribution in [-0.2, 0) is 22.3 Å². The van der Waals surface area contributed by atoms with E-state index in [0.717, 1.165) is 40.9 Å². The minimum Gasteiger partial charge on any atom is -0.324 e. The maximum atomic E-state index is 13.2. The molecule has 1 aliphatic carbocycles. The molecule has 0 unspecified atom stereocenters. The van der Waals surface area contributed by atoms with Gasteiger partial charge in [-0.15, -0.1) is 0 Å². The standard InChI is InChI=1S/C25H23F3N6O2/c1-13-3-7-17(10-20(13)25(26,27)28)29-22(35)12-34-11-19(14(2)33-34)16-6-8-18-21(9-16)31-32-23(18)30-24(36)15-4-5-15/h3,6-11,15H,4-5,12H2,1-2H3,(H,29,35)(H2,30,31,32,36). The lowest BCUT2D eigenvalue weighted by molar-refractivity contribution is -0.138. The van der Waals surface area contributed by atoms with Crippen molar-refractivity contribution < 1.29 is 22.8 Å². The SMILES string of the molecule is Cc1ccc(NC(=O)Cn2cc(-c3ccc4c(NC(=O)C5CC5)n[nH]c4c3)c(C)n2)cc1C(F)(F)F. The van der Waals surface area contributed by atoms with Crippen molar-refractivity contribution in [2.45, 2.75) is 39.4 Å². The van der Waals surface area contributed by atoms with Gasteiger partial charge in [-0.2, -0.15) is 23.4 Å². The van der Waals surface area contributed by atoms with Gasteiger partial charge in [0.1, 0.15) is 6.54 Å². The number of aromatic nitrogens is 4. The minimum atomic E-state index is -4.50. The molecule has 3 N–H and O–H groups in total. The summed E-state index contributed by atoms with van der Waals surface area (Å²) in [7, 11) is 0. The molecule has 0 radical (unpaired) electrons. The van der Waals surface area contributed by atoms with Crippen LogP contribution in [0.25, 0.3) is 22.0 Å². The number of hydrogen-bond acceptors (Lipinski definition) is 4. The summed E-state index contributed by atoms with van der Waals surface area (Å²) >= 11 is 0. The van der Waals surface area contributed by atoms with E-state index >= 15 is 0 Å². The quantitative estimate of drug-likeness (QED) is 0.348. The Morgan fingerprint density at radius 3 is 2.61 bits per heavy atom. The van der Waals surface area contributed by atoms with E-state index in [1.165, 1.54) is 23.7 Å². The number of benzene rings is 2. The summed E-state index contributed by atoms with van der Waals surface area (Å²) in [5.41, 5.74) is 2.40. The fourth-order valence-electron chi connectivity index (χ4n) is 4.08. The van der Waals surface area contributed by atoms with Gasteiger partial charge in [-0.3, -0.25) is 19.4 Å². The smallest absolute Gasteiger partial charge is 0.324 e. The maximum Gasteiger partial charge on any atom is 0.416 e. The van der Waals surface area contributed by atoms with Gasteiger partial charge in [-0.25, -0.2) is 0 Å². The number of alkyl halides is 3. The molecule has 1 aliphatic rings. The van der Waals surface area contributed by atoms with Crippen LogP contribution >= 0.6 is 0 Å². The van der Waals surface area contributed by atoms with Gasteiger partial charge in [0.25, 0.3) is 0 Å². The van der Waals surface area contributed by atoms with E-state index in [0.29, 0.717) is 11.5 Å². The number of carbonyl (C=O) groups excluding carboxylic acids is 2. The zero-order valence-corrected chi connectivity index (χ0v) is 19.5. The number of aryl methyl sites for hydroxylation is 2. The fraction of sp³-hybridized carbons (Fsp3) is 0.280. The van der Waals surface area contributed by atoms with Crippen molar-refractivity contribution >= 4 is 34.2 Å². The zero-order valence-electron chi connectivity index (χ0n) is 19.5. The third-order valence-electron chi connectivity index (χ3n) is 6.14. The van der Waals surface area contributed by atoms with Crippen molar-refractivity contribution in [3.8, 4) is 11.1 Å². The van der Waals surface area contributed by atoms with Crippen LogP contribution in [0.4, 0.5) is 24.7 Å². The number of anilines is 2. The molecule has 2 heterocycles. The lowest BCUT2D eigenvalue weighted by atomic mass is 10.1. The van der Waals surface area contributed by atoms with Gasteiger partial charge in [-0.1, -0.05) is 12.1 Å². The van der Waals surface area contributed by atoms with Gasteiger partial charge < -0.3 is 10.6 Å². The molecule has 11 heteroatoms. The molecule has 36 heavy (non-hydrogen) atoms. The second-order valence-electron chi connectivity index (χ2n) is 9.00. The Bertz CT molecular complexity index is 1480. The Balaban J connectivity index is 1.30. The summed E-state index contributed by atoms with van der Waals surface area (Å²) in [4.78, 5) is 24.6. The number of rotatable bonds is 6. The molecule has 0 spiro atoms. The largest absolute Gasteiger partial charge is 0.416 e. The molecule has 186 valence electrons. The minimum absolute atomic E-state index is 0.0249. The second-order valence-corrected chi connectivity index (χ2v) is 9.00. The van der Waals surface area contributed by atoms with Gasteiger partial charge >= 0.3 is 6.18 Å². The first-order chi connectivity index (χ1) is 17.1. The molecule has 0 aliphatic heterocycles. The van der Waals surface area contributed by atoms with Crippen LogP contribution in [-0.4, -0.2) is 31.8 Å². The first kappa shape index (κ1) is 23.6. The van der Waals surface area contributed by atoms with Crippen molar-refractivity contribution in [3.05, 3.63) is 59.4 Å². The molecule has 5 rings (SSSR count). The van der Waals surface area contributed by atoms with E-state index in [2.05, 4.69) is 25.9 Å². The summed E-state index contributed by atoms with van der Waals surface area (Å²) in [5, 5.41) is 17.7. The van der Waals surface area contributed by atoms with E-state index in [9.17, 15) is 22.8 Å². The molecule has 2 aromatic carbocycles. The number of amides is 2. The van der Waals surface area contributed by atoms with Crippen LogP contribution in [0.3, 0.4) is 0 Å². The Morgan fingerprint density at radius 2 is 1.89 bits per heavy atom. The number of nitrogens with one attached hydrogen (secondary N) is 3. The highest BCUT2D eigenvalue weighted by Crippen LogP contribution is 2.34. The first-order valence-corrected chi connectivity index (χ1v) is 11.4. The number of hydrogen-bond donors (Lipinski definition) is 3. The topological polar surface area (TPSA) is 105 Å². The summed E-state index contributed by atoms with van der Waals surface area (Å²) in [5.74, 6) is 0.0333. The van der Waals surface area contributed by atoms with Gasteiger partial charge in [0.2, 0.25) is 11.8 Å². The van der Waals surface area contributed by atoms with Crippen LogP contribution < -0.4 is 10.6 Å². The van der Waals surface area contributed by atoms with Crippen LogP contribution in [0.15, 0.2) is 42.6 Å². The molecule has 4 aromatic rings. The maximum absolute atomic E-state index is 13.2. The Kier molecular flexibility index (Phi) is 5.77. The average molecular weight is 496 g/mol. The number of carbonyl (C=O) groups is 2. The molecular weight excluding hydrogens is 473 g/mol. The highest BCUT2D eigenvalue weighted by atomic mass is 19.4. The van der Waals surface area contributed by atoms with E-state index < -0.39 is 17.6 Å². The van der Waals surface area contributed by atoms with Crippen LogP contribution in [0.5, 0.6) is 0 Å². The number of nitrogens with zero attached hydrogens (tertiary/aromatic N) is 3. The van der Waals surface area contributed by atoms with Crippen molar-refractivity contribution in [2.75, 3.05) is 10.6 Å². The van der Waals surface area contributed by atoms with E-state index in [-0.39, 0.29) is 29.6 Å². The van der Waals surface area contributed by atoms with Gasteiger partial charge in [0, 0.05) is 28.8 Å². The third-order valence-corrected chi connectivity index (χ3v) is 6.14. The molecule has 1 fully saturated rings. The number of halogens is 3. The lowest BCUT2D eigenvalue weighted by Gasteiger charge is -2.12. The van der Waals surface area contributed by atoms with Crippen molar-refractivity contribution in [2.24, 2.45) is 5.92 Å². The van der Waals surface area contributed by atoms with Crippen LogP contribution in [0.1, 0.15) is 29.7 Å². The van der Waals surface area contributed by atoms with E-state index in [1.807, 2.05) is 18.2 Å². The number of fused-ring (bicyclic) bond motifs is 1. The van der Waals surface area contributed by atoms with Crippen molar-refractivity contribution in [3.63, 3.8) is 0 Å². The first-order valence-electron chi connectivity index (χ1n) is 11.4. The predicted molar refractivity (Wildman–Crippen MR) is 128 cm³/mol. The normalized spacial score (nSPS) is 13.7. The number of H-pyrrole nitrogens is 1. The van der Waals surface area contributed by atoms with Crippen LogP contribution in [0.2, 0.25) is 0 Å². The Morgan fingerprint density at radius 1 is 1.11 bits per heavy atom. The molecule has 0 bridgehead atoms. The lowest BCUT2D eigenvalue weighted by Crippen LogP contribution is -2.19. The Labute approximate surface area is 203 Å². The van der Waals surface area contributed by atoms with Crippen molar-refractivity contribution in [1.29, 1.82) is 0 Å². The van der Waals surface area contributed by atoms with E-state index in [1.54, 1.807) is 13.1 Å². The van der Waals surface area contributed by atoms with Crippen LogP contribution in [0, 0.1) is 19.8 Å². The third kappa shape index (κ3) is 4.81. The number of aromatic amines is 1. The molecule has 2 aromatic heterocycles. The highest BCUT2D eigenvalue weighted by Gasteiger charge is 2.32. The van der Waals surface area contributed by atoms with E-state index in [4.69, 9.17) is 0 Å². The van der Waals surface area contributed by atoms with Gasteiger partial charge in [-0.05, 0) is 62.1 Å². The summed E-state index contributed by atoms with van der Waals surface area (Å²) in [6.45, 7) is 3.01. The second kappa shape index (κ2) is 8.81. The molecular formula is C25H23F3N6O2. The fourth-order valence-corrected chi connectivity index (χ4v) is 4.08. The molecule has 1 saturated carbocycles. The van der Waals surface area contributed by atoms with Crippen molar-refractivity contribution in [1.82, 2.24) is 20.0 Å². The highest BCUT2D eigenvalue weighted by molar-refractivity contribution is 6.02. The molecule has 2 amide bonds. The van der Waals surface area contributed by atoms with Gasteiger partial charge in [0.05, 0.1) is 16.8 Å². The Hall–Kier alpha value is -4.15. The predicted octanol–water partition coefficient (Wildman–Crippen LogP) is 5.05. The zero-order chi connectivity index (χ0) is 25.6. The summed E-state index contributed by atoms with van der Waals surface area (Å²) < 4.78 is 40.9. The molecule has 0 atom stereocenters. The molecule has 8 nitrogen and oxygen atoms in total. The van der Waals surface area contributed by atoms with Gasteiger partial charge in [0.15, 0.2) is 5.82 Å². The summed E-state index contributed by atoms with van der Waals surface area (Å²) in [6, 6.07) is 9.30.